The Morgan fingerprint density at radius 2 is 1.86 bits per heavy atom. The molecule has 2 rings (SSSR count). The molecule has 0 saturated carbocycles. The lowest BCUT2D eigenvalue weighted by molar-refractivity contribution is -0.136. The lowest BCUT2D eigenvalue weighted by Crippen LogP contribution is -2.26. The van der Waals surface area contributed by atoms with Gasteiger partial charge in [-0.25, -0.2) is 18.7 Å². The van der Waals surface area contributed by atoms with Gasteiger partial charge in [-0.3, -0.25) is 14.4 Å². The topological polar surface area (TPSA) is 108 Å². The Kier molecular flexibility index (Phi) is 7.36. The van der Waals surface area contributed by atoms with Gasteiger partial charge in [0, 0.05) is 12.1 Å². The molecule has 0 radical (unpaired) electrons. The Balaban J connectivity index is 2.40. The molecule has 0 spiro atoms. The summed E-state index contributed by atoms with van der Waals surface area (Å²) < 4.78 is 41.7. The first-order valence-electron chi connectivity index (χ1n) is 8.11. The number of carboxylic acid groups (broad SMARTS) is 1. The molecule has 7 nitrogen and oxygen atoms in total. The van der Waals surface area contributed by atoms with Crippen molar-refractivity contribution in [1.29, 1.82) is 0 Å². The number of halogens is 3. The number of hydroxylamine groups is 1. The van der Waals surface area contributed by atoms with E-state index < -0.39 is 35.0 Å². The third kappa shape index (κ3) is 5.44. The van der Waals surface area contributed by atoms with Gasteiger partial charge in [0.1, 0.15) is 5.82 Å². The molecule has 0 aliphatic carbocycles. The Morgan fingerprint density at radius 1 is 1.11 bits per heavy atom. The van der Waals surface area contributed by atoms with E-state index in [1.807, 2.05) is 5.48 Å². The molecule has 0 aliphatic rings. The average Bonchev–Trinajstić information content (AvgIpc) is 2.65. The summed E-state index contributed by atoms with van der Waals surface area (Å²) in [5.41, 5.74) is 1.35. The third-order valence-electron chi connectivity index (χ3n) is 3.64. The second-order valence-electron chi connectivity index (χ2n) is 5.61. The monoisotopic (exact) mass is 398 g/mol. The van der Waals surface area contributed by atoms with Crippen LogP contribution < -0.4 is 10.8 Å². The number of aliphatic carboxylic acids is 1. The van der Waals surface area contributed by atoms with Gasteiger partial charge < -0.3 is 15.5 Å². The van der Waals surface area contributed by atoms with Crippen LogP contribution in [-0.4, -0.2) is 35.3 Å². The Hall–Kier alpha value is -3.11. The van der Waals surface area contributed by atoms with Crippen LogP contribution in [0.25, 0.3) is 0 Å². The van der Waals surface area contributed by atoms with Gasteiger partial charge >= 0.3 is 5.97 Å². The zero-order valence-corrected chi connectivity index (χ0v) is 14.5. The maximum atomic E-state index is 14.4. The zero-order chi connectivity index (χ0) is 20.7. The Labute approximate surface area is 157 Å². The molecule has 150 valence electrons. The fourth-order valence-electron chi connectivity index (χ4n) is 2.34. The quantitative estimate of drug-likeness (QED) is 0.382. The number of benzene rings is 2. The number of aliphatic hydroxyl groups is 1. The fraction of sp³-hybridized carbons (Fsp3) is 0.222. The van der Waals surface area contributed by atoms with Crippen LogP contribution in [0, 0.1) is 17.5 Å². The van der Waals surface area contributed by atoms with Crippen LogP contribution in [0.5, 0.6) is 0 Å². The largest absolute Gasteiger partial charge is 0.481 e. The van der Waals surface area contributed by atoms with E-state index in [0.29, 0.717) is 5.56 Å². The highest BCUT2D eigenvalue weighted by molar-refractivity contribution is 6.00. The van der Waals surface area contributed by atoms with E-state index in [2.05, 4.69) is 10.2 Å². The van der Waals surface area contributed by atoms with Gasteiger partial charge in [-0.1, -0.05) is 6.07 Å². The van der Waals surface area contributed by atoms with Crippen molar-refractivity contribution in [2.75, 3.05) is 18.5 Å². The normalized spacial score (nSPS) is 10.6. The maximum absolute atomic E-state index is 14.4. The lowest BCUT2D eigenvalue weighted by atomic mass is 10.1. The summed E-state index contributed by atoms with van der Waals surface area (Å²) in [7, 11) is 0. The van der Waals surface area contributed by atoms with Crippen molar-refractivity contribution in [2.24, 2.45) is 0 Å². The van der Waals surface area contributed by atoms with Gasteiger partial charge in [0.2, 0.25) is 0 Å². The molecule has 0 aromatic heterocycles. The molecule has 0 atom stereocenters. The van der Waals surface area contributed by atoms with Gasteiger partial charge in [-0.05, 0) is 36.2 Å². The number of carbonyl (C=O) groups excluding carboxylic acids is 1. The number of rotatable bonds is 9. The molecule has 4 N–H and O–H groups in total. The van der Waals surface area contributed by atoms with Crippen LogP contribution >= 0.6 is 0 Å². The van der Waals surface area contributed by atoms with Gasteiger partial charge in [-0.2, -0.15) is 0 Å². The number of aryl methyl sites for hydroxylation is 1. The van der Waals surface area contributed by atoms with Crippen molar-refractivity contribution in [1.82, 2.24) is 5.48 Å². The summed E-state index contributed by atoms with van der Waals surface area (Å²) in [6.07, 6.45) is -0.274. The highest BCUT2D eigenvalue weighted by atomic mass is 19.2. The number of aliphatic hydroxyl groups excluding tert-OH is 1. The van der Waals surface area contributed by atoms with Gasteiger partial charge in [0.25, 0.3) is 5.91 Å². The molecule has 0 heterocycles. The Bertz CT molecular complexity index is 877. The average molecular weight is 398 g/mol. The van der Waals surface area contributed by atoms with E-state index >= 15 is 0 Å². The molecule has 2 aromatic rings. The molecule has 10 heteroatoms. The van der Waals surface area contributed by atoms with Crippen LogP contribution in [0.4, 0.5) is 24.5 Å². The predicted octanol–water partition coefficient (Wildman–Crippen LogP) is 2.52. The van der Waals surface area contributed by atoms with E-state index in [0.717, 1.165) is 24.3 Å². The van der Waals surface area contributed by atoms with Crippen molar-refractivity contribution >= 4 is 23.3 Å². The van der Waals surface area contributed by atoms with E-state index in [-0.39, 0.29) is 37.3 Å². The first-order valence-corrected chi connectivity index (χ1v) is 8.11. The number of nitrogens with one attached hydrogen (secondary N) is 2. The molecule has 0 bridgehead atoms. The number of carbonyl (C=O) groups is 2. The summed E-state index contributed by atoms with van der Waals surface area (Å²) in [6.45, 7) is -0.596. The highest BCUT2D eigenvalue weighted by Gasteiger charge is 2.20. The van der Waals surface area contributed by atoms with E-state index in [1.165, 1.54) is 6.07 Å². The van der Waals surface area contributed by atoms with Crippen molar-refractivity contribution in [3.63, 3.8) is 0 Å². The first kappa shape index (κ1) is 21.2. The number of carboxylic acids is 1. The molecule has 0 saturated heterocycles. The van der Waals surface area contributed by atoms with E-state index in [9.17, 15) is 22.8 Å². The van der Waals surface area contributed by atoms with Crippen LogP contribution in [-0.2, 0) is 16.1 Å². The molecule has 28 heavy (non-hydrogen) atoms. The second kappa shape index (κ2) is 9.72. The van der Waals surface area contributed by atoms with Crippen molar-refractivity contribution in [3.05, 3.63) is 58.9 Å². The van der Waals surface area contributed by atoms with Crippen LogP contribution in [0.2, 0.25) is 0 Å². The van der Waals surface area contributed by atoms with Crippen molar-refractivity contribution in [3.8, 4) is 0 Å². The van der Waals surface area contributed by atoms with Crippen LogP contribution in [0.1, 0.15) is 22.3 Å². The van der Waals surface area contributed by atoms with E-state index in [4.69, 9.17) is 10.2 Å². The standard InChI is InChI=1S/C18H17F3N2O5/c19-11-3-1-10(2-6-15(25)26)14(9-11)22-17-12(4-5-13(20)16(17)21)18(27)23-28-8-7-24/h1,3-5,9,22,24H,2,6-8H2,(H,23,27)(H,25,26). The second-order valence-corrected chi connectivity index (χ2v) is 5.61. The van der Waals surface area contributed by atoms with Gasteiger partial charge in [-0.15, -0.1) is 0 Å². The minimum Gasteiger partial charge on any atom is -0.481 e. The van der Waals surface area contributed by atoms with Crippen molar-refractivity contribution < 1.29 is 37.8 Å². The van der Waals surface area contributed by atoms with Crippen molar-refractivity contribution in [2.45, 2.75) is 12.8 Å². The number of amides is 1. The minimum absolute atomic E-state index is 0.00395. The number of hydrogen-bond acceptors (Lipinski definition) is 5. The van der Waals surface area contributed by atoms with Gasteiger partial charge in [0.05, 0.1) is 24.5 Å². The molecule has 0 fully saturated rings. The molecular weight excluding hydrogens is 381 g/mol. The maximum Gasteiger partial charge on any atom is 0.303 e. The van der Waals surface area contributed by atoms with Gasteiger partial charge in [0.15, 0.2) is 11.6 Å². The highest BCUT2D eigenvalue weighted by Crippen LogP contribution is 2.29. The fourth-order valence-corrected chi connectivity index (χ4v) is 2.34. The summed E-state index contributed by atoms with van der Waals surface area (Å²) in [6, 6.07) is 5.11. The molecule has 0 unspecified atom stereocenters. The summed E-state index contributed by atoms with van der Waals surface area (Å²) in [5.74, 6) is -5.36. The minimum atomic E-state index is -1.39. The SMILES string of the molecule is O=C(O)CCc1ccc(F)cc1Nc1c(C(=O)NOCCO)ccc(F)c1F. The predicted molar refractivity (Wildman–Crippen MR) is 92.5 cm³/mol. The van der Waals surface area contributed by atoms with Crippen LogP contribution in [0.15, 0.2) is 30.3 Å². The molecule has 0 aliphatic heterocycles. The summed E-state index contributed by atoms with van der Waals surface area (Å²) >= 11 is 0. The summed E-state index contributed by atoms with van der Waals surface area (Å²) in [5, 5.41) is 19.9. The Morgan fingerprint density at radius 3 is 2.54 bits per heavy atom. The zero-order valence-electron chi connectivity index (χ0n) is 14.5. The molecule has 1 amide bonds. The van der Waals surface area contributed by atoms with Crippen LogP contribution in [0.3, 0.4) is 0 Å². The number of hydrogen-bond donors (Lipinski definition) is 4. The molecular formula is C18H17F3N2O5. The smallest absolute Gasteiger partial charge is 0.303 e. The van der Waals surface area contributed by atoms with E-state index in [1.54, 1.807) is 0 Å². The first-order chi connectivity index (χ1) is 13.3. The molecule has 2 aromatic carbocycles. The summed E-state index contributed by atoms with van der Waals surface area (Å²) in [4.78, 5) is 27.6. The number of anilines is 2. The lowest BCUT2D eigenvalue weighted by Gasteiger charge is -2.16. The third-order valence-corrected chi connectivity index (χ3v) is 3.64.